The van der Waals surface area contributed by atoms with Gasteiger partial charge in [0.05, 0.1) is 11.0 Å². The summed E-state index contributed by atoms with van der Waals surface area (Å²) in [6.45, 7) is 7.32. The van der Waals surface area contributed by atoms with Crippen LogP contribution in [0.3, 0.4) is 0 Å². The first-order valence-electron chi connectivity index (χ1n) is 10.1. The predicted molar refractivity (Wildman–Crippen MR) is 114 cm³/mol. The van der Waals surface area contributed by atoms with Gasteiger partial charge in [0.25, 0.3) is 5.56 Å². The van der Waals surface area contributed by atoms with Crippen LogP contribution in [0.15, 0.2) is 47.3 Å². The summed E-state index contributed by atoms with van der Waals surface area (Å²) in [6.07, 6.45) is -4.79. The number of amides is 1. The third-order valence-corrected chi connectivity index (χ3v) is 5.41. The van der Waals surface area contributed by atoms with E-state index in [1.54, 1.807) is 64.1 Å². The number of alkyl halides is 3. The summed E-state index contributed by atoms with van der Waals surface area (Å²) >= 11 is 0. The zero-order chi connectivity index (χ0) is 22.9. The maximum Gasteiger partial charge on any atom is 0.438 e. The van der Waals surface area contributed by atoms with E-state index in [0.29, 0.717) is 12.2 Å². The van der Waals surface area contributed by atoms with Crippen molar-refractivity contribution >= 4 is 22.6 Å². The van der Waals surface area contributed by atoms with E-state index >= 15 is 0 Å². The number of aromatic nitrogens is 2. The first-order chi connectivity index (χ1) is 14.6. The summed E-state index contributed by atoms with van der Waals surface area (Å²) in [5, 5.41) is 0. The highest BCUT2D eigenvalue weighted by atomic mass is 19.4. The van der Waals surface area contributed by atoms with Gasteiger partial charge in [0.2, 0.25) is 11.6 Å². The van der Waals surface area contributed by atoms with Crippen molar-refractivity contribution in [1.82, 2.24) is 9.55 Å². The Morgan fingerprint density at radius 3 is 2.26 bits per heavy atom. The van der Waals surface area contributed by atoms with Gasteiger partial charge in [-0.2, -0.15) is 13.2 Å². The Morgan fingerprint density at radius 2 is 1.71 bits per heavy atom. The van der Waals surface area contributed by atoms with E-state index in [-0.39, 0.29) is 17.5 Å². The molecule has 0 N–H and O–H groups in total. The second kappa shape index (κ2) is 8.53. The molecule has 5 nitrogen and oxygen atoms in total. The van der Waals surface area contributed by atoms with Crippen molar-refractivity contribution in [3.8, 4) is 0 Å². The Bertz CT molecular complexity index is 1170. The molecule has 8 heteroatoms. The number of carbonyl (C=O) groups is 1. The summed E-state index contributed by atoms with van der Waals surface area (Å²) in [7, 11) is 0. The van der Waals surface area contributed by atoms with Crippen molar-refractivity contribution in [2.24, 2.45) is 0 Å². The number of para-hydroxylation sites is 1. The molecule has 1 aromatic heterocycles. The van der Waals surface area contributed by atoms with Crippen LogP contribution in [-0.2, 0) is 11.0 Å². The first-order valence-corrected chi connectivity index (χ1v) is 10.1. The van der Waals surface area contributed by atoms with Crippen molar-refractivity contribution in [2.45, 2.75) is 46.3 Å². The molecule has 0 radical (unpaired) electrons. The second-order valence-electron chi connectivity index (χ2n) is 7.40. The standard InChI is InChI=1S/C23H24F3N3O2/c1-5-18(21(30)28(6-2)16-10-8-7-9-11-16)29-19-13-15(4)14(3)12-17(19)27-20(22(29)31)23(24,25)26/h7-13,18H,5-6H2,1-4H3/t18-/m0/s1. The minimum absolute atomic E-state index is 0.0315. The molecule has 0 aliphatic rings. The zero-order valence-electron chi connectivity index (χ0n) is 17.8. The number of anilines is 1. The van der Waals surface area contributed by atoms with Crippen molar-refractivity contribution in [2.75, 3.05) is 11.4 Å². The van der Waals surface area contributed by atoms with E-state index in [1.165, 1.54) is 11.0 Å². The molecule has 164 valence electrons. The summed E-state index contributed by atoms with van der Waals surface area (Å²) in [4.78, 5) is 31.6. The third kappa shape index (κ3) is 4.19. The predicted octanol–water partition coefficient (Wildman–Crippen LogP) is 5.04. The molecule has 3 rings (SSSR count). The van der Waals surface area contributed by atoms with E-state index in [0.717, 1.165) is 15.7 Å². The molecule has 3 aromatic rings. The molecule has 0 saturated heterocycles. The highest BCUT2D eigenvalue weighted by Gasteiger charge is 2.39. The number of aryl methyl sites for hydroxylation is 2. The molecular formula is C23H24F3N3O2. The normalized spacial score (nSPS) is 12.7. The minimum Gasteiger partial charge on any atom is -0.311 e. The molecule has 31 heavy (non-hydrogen) atoms. The highest BCUT2D eigenvalue weighted by Crippen LogP contribution is 2.30. The van der Waals surface area contributed by atoms with E-state index < -0.39 is 29.4 Å². The fourth-order valence-corrected chi connectivity index (χ4v) is 3.68. The third-order valence-electron chi connectivity index (χ3n) is 5.41. The Kier molecular flexibility index (Phi) is 6.20. The molecule has 1 heterocycles. The van der Waals surface area contributed by atoms with Crippen LogP contribution >= 0.6 is 0 Å². The quantitative estimate of drug-likeness (QED) is 0.569. The smallest absolute Gasteiger partial charge is 0.311 e. The monoisotopic (exact) mass is 431 g/mol. The van der Waals surface area contributed by atoms with Gasteiger partial charge in [-0.15, -0.1) is 0 Å². The lowest BCUT2D eigenvalue weighted by Gasteiger charge is -2.28. The summed E-state index contributed by atoms with van der Waals surface area (Å²) in [5.41, 5.74) is -0.431. The number of fused-ring (bicyclic) bond motifs is 1. The van der Waals surface area contributed by atoms with Crippen molar-refractivity contribution < 1.29 is 18.0 Å². The van der Waals surface area contributed by atoms with E-state index in [1.807, 2.05) is 0 Å². The van der Waals surface area contributed by atoms with E-state index in [9.17, 15) is 22.8 Å². The number of benzene rings is 2. The lowest BCUT2D eigenvalue weighted by Crippen LogP contribution is -2.42. The molecule has 1 atom stereocenters. The average Bonchev–Trinajstić information content (AvgIpc) is 2.72. The number of rotatable bonds is 5. The molecule has 0 bridgehead atoms. The lowest BCUT2D eigenvalue weighted by atomic mass is 10.1. The fourth-order valence-electron chi connectivity index (χ4n) is 3.68. The van der Waals surface area contributed by atoms with Crippen LogP contribution in [0, 0.1) is 13.8 Å². The van der Waals surface area contributed by atoms with Gasteiger partial charge in [0.15, 0.2) is 0 Å². The molecule has 0 saturated carbocycles. The summed E-state index contributed by atoms with van der Waals surface area (Å²) < 4.78 is 41.8. The number of hydrogen-bond donors (Lipinski definition) is 0. The second-order valence-corrected chi connectivity index (χ2v) is 7.40. The van der Waals surface area contributed by atoms with Crippen LogP contribution in [0.25, 0.3) is 11.0 Å². The molecule has 0 aliphatic carbocycles. The molecule has 0 aliphatic heterocycles. The summed E-state index contributed by atoms with van der Waals surface area (Å²) in [6, 6.07) is 10.9. The van der Waals surface area contributed by atoms with Crippen LogP contribution in [0.1, 0.15) is 43.1 Å². The van der Waals surface area contributed by atoms with Crippen LogP contribution in [0.4, 0.5) is 18.9 Å². The van der Waals surface area contributed by atoms with Gasteiger partial charge >= 0.3 is 6.18 Å². The zero-order valence-corrected chi connectivity index (χ0v) is 17.8. The Morgan fingerprint density at radius 1 is 1.10 bits per heavy atom. The van der Waals surface area contributed by atoms with Crippen LogP contribution in [0.5, 0.6) is 0 Å². The SMILES string of the molecule is CC[C@@H](C(=O)N(CC)c1ccccc1)n1c(=O)c(C(F)(F)F)nc2cc(C)c(C)cc21. The van der Waals surface area contributed by atoms with Crippen molar-refractivity contribution in [3.05, 3.63) is 69.6 Å². The number of likely N-dealkylation sites (N-methyl/N-ethyl adjacent to an activating group) is 1. The van der Waals surface area contributed by atoms with Crippen LogP contribution < -0.4 is 10.5 Å². The average molecular weight is 431 g/mol. The Balaban J connectivity index is 2.29. The van der Waals surface area contributed by atoms with Gasteiger partial charge in [-0.05, 0) is 62.6 Å². The Labute approximate surface area is 178 Å². The molecule has 0 spiro atoms. The number of hydrogen-bond acceptors (Lipinski definition) is 3. The fraction of sp³-hybridized carbons (Fsp3) is 0.348. The van der Waals surface area contributed by atoms with Crippen molar-refractivity contribution in [3.63, 3.8) is 0 Å². The Hall–Kier alpha value is -3.16. The first kappa shape index (κ1) is 22.5. The van der Waals surface area contributed by atoms with Crippen LogP contribution in [-0.4, -0.2) is 22.0 Å². The molecule has 2 aromatic carbocycles. The number of carbonyl (C=O) groups excluding carboxylic acids is 1. The van der Waals surface area contributed by atoms with Gasteiger partial charge in [-0.25, -0.2) is 4.98 Å². The van der Waals surface area contributed by atoms with E-state index in [4.69, 9.17) is 0 Å². The summed E-state index contributed by atoms with van der Waals surface area (Å²) in [5.74, 6) is -0.447. The molecule has 1 amide bonds. The van der Waals surface area contributed by atoms with E-state index in [2.05, 4.69) is 4.98 Å². The number of nitrogens with zero attached hydrogens (tertiary/aromatic N) is 3. The number of halogens is 3. The van der Waals surface area contributed by atoms with Gasteiger partial charge in [-0.1, -0.05) is 25.1 Å². The lowest BCUT2D eigenvalue weighted by molar-refractivity contribution is -0.142. The van der Waals surface area contributed by atoms with Gasteiger partial charge in [-0.3, -0.25) is 14.2 Å². The largest absolute Gasteiger partial charge is 0.438 e. The van der Waals surface area contributed by atoms with Crippen LogP contribution in [0.2, 0.25) is 0 Å². The van der Waals surface area contributed by atoms with Gasteiger partial charge in [0, 0.05) is 12.2 Å². The highest BCUT2D eigenvalue weighted by molar-refractivity contribution is 5.97. The maximum atomic E-state index is 13.6. The maximum absolute atomic E-state index is 13.6. The van der Waals surface area contributed by atoms with Crippen molar-refractivity contribution in [1.29, 1.82) is 0 Å². The molecule has 0 unspecified atom stereocenters. The minimum atomic E-state index is -4.93. The molecule has 0 fully saturated rings. The topological polar surface area (TPSA) is 55.2 Å². The molecular weight excluding hydrogens is 407 g/mol. The van der Waals surface area contributed by atoms with Gasteiger partial charge < -0.3 is 4.90 Å². The van der Waals surface area contributed by atoms with Gasteiger partial charge in [0.1, 0.15) is 6.04 Å².